The Morgan fingerprint density at radius 3 is 2.32 bits per heavy atom. The summed E-state index contributed by atoms with van der Waals surface area (Å²) in [5.41, 5.74) is 1.41. The average Bonchev–Trinajstić information content (AvgIpc) is 2.64. The number of nitrogens with zero attached hydrogens (tertiary/aromatic N) is 3. The summed E-state index contributed by atoms with van der Waals surface area (Å²) in [6, 6.07) is 11.4. The topological polar surface area (TPSA) is 36.0 Å². The van der Waals surface area contributed by atoms with Gasteiger partial charge in [-0.05, 0) is 25.3 Å². The van der Waals surface area contributed by atoms with E-state index in [1.807, 2.05) is 6.92 Å². The number of piperazine rings is 1. The lowest BCUT2D eigenvalue weighted by Crippen LogP contribution is -2.53. The maximum Gasteiger partial charge on any atom is 0.320 e. The first-order valence-corrected chi connectivity index (χ1v) is 9.63. The minimum absolute atomic E-state index is 0.0875. The molecule has 0 N–H and O–H groups in total. The second kappa shape index (κ2) is 9.32. The first kappa shape index (κ1) is 18.4. The summed E-state index contributed by atoms with van der Waals surface area (Å²) in [5, 5.41) is 0. The molecule has 0 atom stereocenters. The average molecular weight is 345 g/mol. The highest BCUT2D eigenvalue weighted by Crippen LogP contribution is 2.19. The zero-order valence-electron chi connectivity index (χ0n) is 15.4. The lowest BCUT2D eigenvalue weighted by atomic mass is 10.0. The van der Waals surface area contributed by atoms with E-state index < -0.39 is 0 Å². The molecule has 3 rings (SSSR count). The third kappa shape index (κ3) is 5.53. The van der Waals surface area contributed by atoms with Crippen LogP contribution in [-0.4, -0.2) is 79.1 Å². The van der Waals surface area contributed by atoms with E-state index in [1.54, 1.807) is 0 Å². The van der Waals surface area contributed by atoms with Gasteiger partial charge in [-0.3, -0.25) is 19.5 Å². The molecule has 2 aliphatic rings. The van der Waals surface area contributed by atoms with Crippen molar-refractivity contribution in [2.45, 2.75) is 32.4 Å². The van der Waals surface area contributed by atoms with Gasteiger partial charge in [-0.2, -0.15) is 0 Å². The number of benzene rings is 1. The van der Waals surface area contributed by atoms with Crippen LogP contribution in [-0.2, 0) is 16.1 Å². The van der Waals surface area contributed by atoms with Gasteiger partial charge in [0.05, 0.1) is 13.2 Å². The summed E-state index contributed by atoms with van der Waals surface area (Å²) in [5.74, 6) is -0.0875. The molecule has 0 radical (unpaired) electrons. The molecule has 0 bridgehead atoms. The van der Waals surface area contributed by atoms with Gasteiger partial charge in [0, 0.05) is 51.9 Å². The highest BCUT2D eigenvalue weighted by atomic mass is 16.5. The van der Waals surface area contributed by atoms with Crippen molar-refractivity contribution in [2.24, 2.45) is 0 Å². The van der Waals surface area contributed by atoms with E-state index in [4.69, 9.17) is 4.74 Å². The molecule has 5 nitrogen and oxygen atoms in total. The van der Waals surface area contributed by atoms with Gasteiger partial charge in [0.25, 0.3) is 0 Å². The van der Waals surface area contributed by atoms with Crippen LogP contribution in [0.1, 0.15) is 25.3 Å². The Bertz CT molecular complexity index is 521. The molecule has 1 aromatic carbocycles. The Morgan fingerprint density at radius 2 is 1.68 bits per heavy atom. The third-order valence-electron chi connectivity index (χ3n) is 5.39. The molecular formula is C20H31N3O2. The number of rotatable bonds is 6. The predicted molar refractivity (Wildman–Crippen MR) is 99.4 cm³/mol. The quantitative estimate of drug-likeness (QED) is 0.735. The van der Waals surface area contributed by atoms with E-state index in [9.17, 15) is 4.79 Å². The number of carbonyl (C=O) groups is 1. The molecule has 0 saturated carbocycles. The Morgan fingerprint density at radius 1 is 1.00 bits per heavy atom. The molecule has 2 aliphatic heterocycles. The van der Waals surface area contributed by atoms with Gasteiger partial charge in [-0.25, -0.2) is 0 Å². The van der Waals surface area contributed by atoms with Crippen LogP contribution in [0.2, 0.25) is 0 Å². The molecule has 25 heavy (non-hydrogen) atoms. The fourth-order valence-electron chi connectivity index (χ4n) is 3.96. The number of likely N-dealkylation sites (tertiary alicyclic amines) is 1. The number of piperidine rings is 1. The molecule has 0 unspecified atom stereocenters. The Kier molecular flexibility index (Phi) is 6.84. The molecule has 5 heteroatoms. The maximum absolute atomic E-state index is 11.6. The Balaban J connectivity index is 1.37. The number of hydrogen-bond donors (Lipinski definition) is 0. The zero-order chi connectivity index (χ0) is 17.5. The molecule has 0 aromatic heterocycles. The lowest BCUT2D eigenvalue weighted by molar-refractivity contribution is -0.144. The summed E-state index contributed by atoms with van der Waals surface area (Å²) in [7, 11) is 0. The number of esters is 1. The SMILES string of the molecule is CCOC(=O)CN1CCC(N2CCN(Cc3ccccc3)CC2)CC1. The van der Waals surface area contributed by atoms with Crippen LogP contribution in [0.5, 0.6) is 0 Å². The first-order chi connectivity index (χ1) is 12.2. The van der Waals surface area contributed by atoms with E-state index in [1.165, 1.54) is 5.56 Å². The first-order valence-electron chi connectivity index (χ1n) is 9.63. The molecule has 1 aromatic rings. The van der Waals surface area contributed by atoms with E-state index in [0.29, 0.717) is 19.2 Å². The molecule has 2 fully saturated rings. The summed E-state index contributed by atoms with van der Waals surface area (Å²) in [6.07, 6.45) is 2.33. The summed E-state index contributed by atoms with van der Waals surface area (Å²) < 4.78 is 5.05. The molecule has 138 valence electrons. The smallest absolute Gasteiger partial charge is 0.320 e. The van der Waals surface area contributed by atoms with Crippen molar-refractivity contribution >= 4 is 5.97 Å². The van der Waals surface area contributed by atoms with Crippen molar-refractivity contribution in [1.29, 1.82) is 0 Å². The third-order valence-corrected chi connectivity index (χ3v) is 5.39. The van der Waals surface area contributed by atoms with Crippen LogP contribution >= 0.6 is 0 Å². The van der Waals surface area contributed by atoms with Gasteiger partial charge in [-0.1, -0.05) is 30.3 Å². The van der Waals surface area contributed by atoms with Crippen LogP contribution < -0.4 is 0 Å². The molecule has 0 aliphatic carbocycles. The van der Waals surface area contributed by atoms with Crippen LogP contribution in [0, 0.1) is 0 Å². The van der Waals surface area contributed by atoms with Crippen molar-refractivity contribution in [3.8, 4) is 0 Å². The highest BCUT2D eigenvalue weighted by Gasteiger charge is 2.28. The van der Waals surface area contributed by atoms with Crippen molar-refractivity contribution in [1.82, 2.24) is 14.7 Å². The normalized spacial score (nSPS) is 21.3. The molecule has 2 heterocycles. The largest absolute Gasteiger partial charge is 0.465 e. The van der Waals surface area contributed by atoms with E-state index >= 15 is 0 Å². The maximum atomic E-state index is 11.6. The van der Waals surface area contributed by atoms with Gasteiger partial charge in [0.2, 0.25) is 0 Å². The van der Waals surface area contributed by atoms with Crippen LogP contribution in [0.25, 0.3) is 0 Å². The minimum Gasteiger partial charge on any atom is -0.465 e. The number of carbonyl (C=O) groups excluding carboxylic acids is 1. The Labute approximate surface area is 151 Å². The minimum atomic E-state index is -0.0875. The second-order valence-corrected chi connectivity index (χ2v) is 7.11. The monoisotopic (exact) mass is 345 g/mol. The predicted octanol–water partition coefficient (Wildman–Crippen LogP) is 1.83. The van der Waals surface area contributed by atoms with Crippen molar-refractivity contribution < 1.29 is 9.53 Å². The van der Waals surface area contributed by atoms with Gasteiger partial charge in [0.1, 0.15) is 0 Å². The standard InChI is InChI=1S/C20H31N3O2/c1-2-25-20(24)17-21-10-8-19(9-11-21)23-14-12-22(13-15-23)16-18-6-4-3-5-7-18/h3-7,19H,2,8-17H2,1H3. The van der Waals surface area contributed by atoms with Gasteiger partial charge >= 0.3 is 5.97 Å². The second-order valence-electron chi connectivity index (χ2n) is 7.11. The fourth-order valence-corrected chi connectivity index (χ4v) is 3.96. The van der Waals surface area contributed by atoms with Gasteiger partial charge in [-0.15, -0.1) is 0 Å². The Hall–Kier alpha value is -1.43. The van der Waals surface area contributed by atoms with E-state index in [-0.39, 0.29) is 5.97 Å². The van der Waals surface area contributed by atoms with Gasteiger partial charge in [0.15, 0.2) is 0 Å². The van der Waals surface area contributed by atoms with Crippen molar-refractivity contribution in [3.05, 3.63) is 35.9 Å². The number of ether oxygens (including phenoxy) is 1. The molecule has 2 saturated heterocycles. The van der Waals surface area contributed by atoms with Crippen LogP contribution in [0.15, 0.2) is 30.3 Å². The highest BCUT2D eigenvalue weighted by molar-refractivity contribution is 5.71. The summed E-state index contributed by atoms with van der Waals surface area (Å²) >= 11 is 0. The zero-order valence-corrected chi connectivity index (χ0v) is 15.4. The fraction of sp³-hybridized carbons (Fsp3) is 0.650. The summed E-state index contributed by atoms with van der Waals surface area (Å²) in [6.45, 7) is 10.5. The molecule has 0 spiro atoms. The van der Waals surface area contributed by atoms with Crippen LogP contribution in [0.3, 0.4) is 0 Å². The van der Waals surface area contributed by atoms with E-state index in [0.717, 1.165) is 58.7 Å². The summed E-state index contributed by atoms with van der Waals surface area (Å²) in [4.78, 5) is 19.1. The van der Waals surface area contributed by atoms with Crippen molar-refractivity contribution in [2.75, 3.05) is 52.4 Å². The molecular weight excluding hydrogens is 314 g/mol. The van der Waals surface area contributed by atoms with Gasteiger partial charge < -0.3 is 4.74 Å². The number of hydrogen-bond acceptors (Lipinski definition) is 5. The lowest BCUT2D eigenvalue weighted by Gasteiger charge is -2.42. The molecule has 0 amide bonds. The van der Waals surface area contributed by atoms with E-state index in [2.05, 4.69) is 45.0 Å². The van der Waals surface area contributed by atoms with Crippen LogP contribution in [0.4, 0.5) is 0 Å². The van der Waals surface area contributed by atoms with Crippen molar-refractivity contribution in [3.63, 3.8) is 0 Å².